The minimum absolute atomic E-state index is 0.0147. The zero-order valence-corrected chi connectivity index (χ0v) is 16.5. The molecule has 3 fully saturated rings. The Hall–Kier alpha value is -2.90. The van der Waals surface area contributed by atoms with Gasteiger partial charge in [0.25, 0.3) is 0 Å². The van der Waals surface area contributed by atoms with Crippen LogP contribution in [0, 0.1) is 5.92 Å². The number of fused-ring (bicyclic) bond motifs is 1. The Kier molecular flexibility index (Phi) is 5.25. The lowest BCUT2D eigenvalue weighted by Crippen LogP contribution is -2.57. The summed E-state index contributed by atoms with van der Waals surface area (Å²) in [6.45, 7) is 0.932. The van der Waals surface area contributed by atoms with E-state index in [1.54, 1.807) is 9.80 Å². The molecule has 0 aromatic heterocycles. The van der Waals surface area contributed by atoms with Gasteiger partial charge < -0.3 is 19.4 Å². The van der Waals surface area contributed by atoms with E-state index in [0.717, 1.165) is 12.0 Å². The Morgan fingerprint density at radius 3 is 2.55 bits per heavy atom. The molecule has 3 aliphatic heterocycles. The zero-order chi connectivity index (χ0) is 20.5. The second-order valence-corrected chi connectivity index (χ2v) is 7.87. The highest BCUT2D eigenvalue weighted by atomic mass is 16.5. The van der Waals surface area contributed by atoms with Gasteiger partial charge >= 0.3 is 5.97 Å². The molecule has 0 bridgehead atoms. The van der Waals surface area contributed by atoms with E-state index in [1.165, 1.54) is 12.0 Å². The smallest absolute Gasteiger partial charge is 0.311 e. The maximum absolute atomic E-state index is 13.0. The number of hydrogen-bond acceptors (Lipinski definition) is 5. The van der Waals surface area contributed by atoms with Crippen molar-refractivity contribution in [2.45, 2.75) is 31.3 Å². The molecule has 3 amide bonds. The van der Waals surface area contributed by atoms with Gasteiger partial charge in [-0.1, -0.05) is 30.3 Å². The van der Waals surface area contributed by atoms with Crippen molar-refractivity contribution in [3.8, 4) is 0 Å². The molecule has 0 N–H and O–H groups in total. The van der Waals surface area contributed by atoms with Crippen LogP contribution in [-0.2, 0) is 23.9 Å². The first-order chi connectivity index (χ1) is 14.0. The number of hydrogen-bond donors (Lipinski definition) is 0. The van der Waals surface area contributed by atoms with Gasteiger partial charge in [-0.2, -0.15) is 0 Å². The van der Waals surface area contributed by atoms with Crippen molar-refractivity contribution in [3.05, 3.63) is 35.9 Å². The molecule has 0 aliphatic carbocycles. The highest BCUT2D eigenvalue weighted by Crippen LogP contribution is 2.43. The SMILES string of the molecule is COC(=O)[C@H]1C[C@H]2CN(C(=O)CN3CCCC3=O)CC(=O)N2[C@H]1c1ccccc1. The normalized spacial score (nSPS) is 26.7. The summed E-state index contributed by atoms with van der Waals surface area (Å²) in [5, 5.41) is 0. The molecule has 3 aliphatic rings. The largest absolute Gasteiger partial charge is 0.469 e. The first-order valence-electron chi connectivity index (χ1n) is 9.99. The number of nitrogens with zero attached hydrogens (tertiary/aromatic N) is 3. The molecule has 3 heterocycles. The van der Waals surface area contributed by atoms with Gasteiger partial charge in [0.1, 0.15) is 0 Å². The van der Waals surface area contributed by atoms with Crippen LogP contribution < -0.4 is 0 Å². The van der Waals surface area contributed by atoms with Gasteiger partial charge in [0.2, 0.25) is 17.7 Å². The first kappa shape index (κ1) is 19.4. The van der Waals surface area contributed by atoms with Crippen LogP contribution in [0.4, 0.5) is 0 Å². The average molecular weight is 399 g/mol. The highest BCUT2D eigenvalue weighted by molar-refractivity contribution is 5.90. The number of piperazine rings is 1. The van der Waals surface area contributed by atoms with Crippen molar-refractivity contribution >= 4 is 23.7 Å². The number of esters is 1. The third-order valence-electron chi connectivity index (χ3n) is 6.14. The fourth-order valence-corrected chi connectivity index (χ4v) is 4.79. The molecule has 1 aromatic carbocycles. The number of carbonyl (C=O) groups excluding carboxylic acids is 4. The van der Waals surface area contributed by atoms with Crippen molar-refractivity contribution in [2.24, 2.45) is 5.92 Å². The summed E-state index contributed by atoms with van der Waals surface area (Å²) in [7, 11) is 1.35. The Morgan fingerprint density at radius 1 is 1.14 bits per heavy atom. The van der Waals surface area contributed by atoms with Crippen molar-refractivity contribution < 1.29 is 23.9 Å². The number of carbonyl (C=O) groups is 4. The van der Waals surface area contributed by atoms with Gasteiger partial charge in [-0.05, 0) is 18.4 Å². The maximum Gasteiger partial charge on any atom is 0.311 e. The van der Waals surface area contributed by atoms with Crippen molar-refractivity contribution in [3.63, 3.8) is 0 Å². The summed E-state index contributed by atoms with van der Waals surface area (Å²) in [4.78, 5) is 54.9. The fourth-order valence-electron chi connectivity index (χ4n) is 4.79. The van der Waals surface area contributed by atoms with Crippen molar-refractivity contribution in [1.29, 1.82) is 0 Å². The minimum atomic E-state index is -0.466. The Labute approximate surface area is 169 Å². The third kappa shape index (κ3) is 3.59. The molecular formula is C21H25N3O5. The second kappa shape index (κ2) is 7.85. The van der Waals surface area contributed by atoms with Gasteiger partial charge in [0.15, 0.2) is 0 Å². The van der Waals surface area contributed by atoms with E-state index in [1.807, 2.05) is 30.3 Å². The molecule has 0 saturated carbocycles. The van der Waals surface area contributed by atoms with E-state index in [4.69, 9.17) is 4.74 Å². The quantitative estimate of drug-likeness (QED) is 0.692. The summed E-state index contributed by atoms with van der Waals surface area (Å²) in [6, 6.07) is 8.84. The molecule has 29 heavy (non-hydrogen) atoms. The first-order valence-corrected chi connectivity index (χ1v) is 9.99. The van der Waals surface area contributed by atoms with Crippen LogP contribution in [0.1, 0.15) is 30.9 Å². The molecule has 4 rings (SSSR count). The highest BCUT2D eigenvalue weighted by Gasteiger charge is 2.51. The van der Waals surface area contributed by atoms with Gasteiger partial charge in [-0.25, -0.2) is 0 Å². The predicted molar refractivity (Wildman–Crippen MR) is 102 cm³/mol. The molecule has 8 nitrogen and oxygen atoms in total. The van der Waals surface area contributed by atoms with Gasteiger partial charge in [-0.15, -0.1) is 0 Å². The van der Waals surface area contributed by atoms with E-state index >= 15 is 0 Å². The standard InChI is InChI=1S/C21H25N3O5/c1-29-21(28)16-10-15-11-23(18(26)12-22-9-5-8-17(22)25)13-19(27)24(15)20(16)14-6-3-2-4-7-14/h2-4,6-7,15-16,20H,5,8-13H2,1H3/t15-,16-,20-/m0/s1. The number of likely N-dealkylation sites (tertiary alicyclic amines) is 1. The number of ether oxygens (including phenoxy) is 1. The molecule has 3 atom stereocenters. The maximum atomic E-state index is 13.0. The van der Waals surface area contributed by atoms with Crippen LogP contribution in [0.2, 0.25) is 0 Å². The lowest BCUT2D eigenvalue weighted by atomic mass is 9.93. The average Bonchev–Trinajstić information content (AvgIpc) is 3.31. The molecule has 0 radical (unpaired) electrons. The summed E-state index contributed by atoms with van der Waals surface area (Å²) in [6.07, 6.45) is 1.69. The lowest BCUT2D eigenvalue weighted by molar-refractivity contribution is -0.151. The summed E-state index contributed by atoms with van der Waals surface area (Å²) >= 11 is 0. The topological polar surface area (TPSA) is 87.2 Å². The molecule has 8 heteroatoms. The van der Waals surface area contributed by atoms with Gasteiger partial charge in [-0.3, -0.25) is 19.2 Å². The van der Waals surface area contributed by atoms with E-state index < -0.39 is 12.0 Å². The predicted octanol–water partition coefficient (Wildman–Crippen LogP) is 0.582. The number of rotatable bonds is 4. The minimum Gasteiger partial charge on any atom is -0.469 e. The van der Waals surface area contributed by atoms with Crippen molar-refractivity contribution in [1.82, 2.24) is 14.7 Å². The third-order valence-corrected chi connectivity index (χ3v) is 6.14. The Morgan fingerprint density at radius 2 is 1.90 bits per heavy atom. The fraction of sp³-hybridized carbons (Fsp3) is 0.524. The van der Waals surface area contributed by atoms with E-state index in [-0.39, 0.29) is 42.8 Å². The molecule has 3 saturated heterocycles. The van der Waals surface area contributed by atoms with Crippen LogP contribution in [0.25, 0.3) is 0 Å². The molecule has 0 unspecified atom stereocenters. The monoisotopic (exact) mass is 399 g/mol. The number of benzene rings is 1. The van der Waals surface area contributed by atoms with Gasteiger partial charge in [0, 0.05) is 19.5 Å². The van der Waals surface area contributed by atoms with E-state index in [9.17, 15) is 19.2 Å². The number of amides is 3. The van der Waals surface area contributed by atoms with Crippen LogP contribution >= 0.6 is 0 Å². The Bertz CT molecular complexity index is 827. The zero-order valence-electron chi connectivity index (χ0n) is 16.5. The molecule has 0 spiro atoms. The summed E-state index contributed by atoms with van der Waals surface area (Å²) < 4.78 is 5.00. The molecule has 154 valence electrons. The molecular weight excluding hydrogens is 374 g/mol. The summed E-state index contributed by atoms with van der Waals surface area (Å²) in [5.74, 6) is -1.22. The lowest BCUT2D eigenvalue weighted by Gasteiger charge is -2.40. The molecule has 1 aromatic rings. The van der Waals surface area contributed by atoms with Crippen LogP contribution in [-0.4, -0.2) is 77.7 Å². The summed E-state index contributed by atoms with van der Waals surface area (Å²) in [5.41, 5.74) is 0.890. The second-order valence-electron chi connectivity index (χ2n) is 7.87. The number of methoxy groups -OCH3 is 1. The van der Waals surface area contributed by atoms with Crippen LogP contribution in [0.15, 0.2) is 30.3 Å². The van der Waals surface area contributed by atoms with Crippen LogP contribution in [0.5, 0.6) is 0 Å². The van der Waals surface area contributed by atoms with Crippen LogP contribution in [0.3, 0.4) is 0 Å². The van der Waals surface area contributed by atoms with E-state index in [2.05, 4.69) is 0 Å². The Balaban J connectivity index is 1.54. The van der Waals surface area contributed by atoms with E-state index in [0.29, 0.717) is 25.9 Å². The van der Waals surface area contributed by atoms with Crippen molar-refractivity contribution in [2.75, 3.05) is 33.3 Å². The van der Waals surface area contributed by atoms with Gasteiger partial charge in [0.05, 0.1) is 38.2 Å².